The quantitative estimate of drug-likeness (QED) is 0.807. The third-order valence-electron chi connectivity index (χ3n) is 1.69. The number of amides is 1. The normalized spacial score (nSPS) is 11.3. The lowest BCUT2D eigenvalue weighted by Crippen LogP contribution is -2.26. The third kappa shape index (κ3) is 4.70. The van der Waals surface area contributed by atoms with E-state index in [4.69, 9.17) is 5.11 Å². The predicted molar refractivity (Wildman–Crippen MR) is 56.5 cm³/mol. The minimum atomic E-state index is -4.34. The van der Waals surface area contributed by atoms with Crippen LogP contribution >= 0.6 is 11.8 Å². The summed E-state index contributed by atoms with van der Waals surface area (Å²) in [5.74, 6) is -3.09. The van der Waals surface area contributed by atoms with Gasteiger partial charge in [-0.3, -0.25) is 4.79 Å². The maximum absolute atomic E-state index is 11.8. The number of aromatic carboxylic acids is 1. The zero-order valence-electron chi connectivity index (χ0n) is 8.78. The Bertz CT molecular complexity index is 443. The number of rotatable bonds is 5. The number of hydrogen-bond donors (Lipinski definition) is 2. The van der Waals surface area contributed by atoms with Gasteiger partial charge < -0.3 is 14.8 Å². The topological polar surface area (TPSA) is 79.5 Å². The summed E-state index contributed by atoms with van der Waals surface area (Å²) in [7, 11) is 0. The number of hydrogen-bond acceptors (Lipinski definition) is 4. The van der Waals surface area contributed by atoms with Crippen LogP contribution in [0.3, 0.4) is 0 Å². The number of nitrogens with one attached hydrogen (secondary N) is 1. The highest BCUT2D eigenvalue weighted by molar-refractivity contribution is 8.00. The molecule has 0 bridgehead atoms. The van der Waals surface area contributed by atoms with Crippen LogP contribution in [0.15, 0.2) is 16.5 Å². The lowest BCUT2D eigenvalue weighted by Gasteiger charge is -2.05. The molecule has 1 heterocycles. The van der Waals surface area contributed by atoms with Crippen LogP contribution in [-0.4, -0.2) is 34.8 Å². The van der Waals surface area contributed by atoms with Gasteiger partial charge in [-0.2, -0.15) is 13.2 Å². The van der Waals surface area contributed by atoms with E-state index < -0.39 is 23.1 Å². The van der Waals surface area contributed by atoms with Gasteiger partial charge in [0.25, 0.3) is 5.91 Å². The van der Waals surface area contributed by atoms with Gasteiger partial charge in [-0.05, 0) is 23.9 Å². The molecule has 0 saturated carbocycles. The van der Waals surface area contributed by atoms with Gasteiger partial charge in [-0.1, -0.05) is 0 Å². The van der Waals surface area contributed by atoms with Gasteiger partial charge in [0.2, 0.25) is 5.76 Å². The van der Waals surface area contributed by atoms with Crippen molar-refractivity contribution in [2.45, 2.75) is 5.51 Å². The van der Waals surface area contributed by atoms with Crippen molar-refractivity contribution in [2.24, 2.45) is 0 Å². The van der Waals surface area contributed by atoms with E-state index in [1.54, 1.807) is 0 Å². The fourth-order valence-corrected chi connectivity index (χ4v) is 1.43. The molecule has 0 saturated heterocycles. The molecule has 1 rings (SSSR count). The highest BCUT2D eigenvalue weighted by atomic mass is 32.2. The first-order valence-corrected chi connectivity index (χ1v) is 5.60. The maximum Gasteiger partial charge on any atom is 0.441 e. The average molecular weight is 283 g/mol. The second-order valence-corrected chi connectivity index (χ2v) is 4.18. The molecule has 0 atom stereocenters. The number of carboxylic acid groups (broad SMARTS) is 1. The third-order valence-corrected chi connectivity index (χ3v) is 2.43. The van der Waals surface area contributed by atoms with E-state index in [-0.39, 0.29) is 29.8 Å². The Hall–Kier alpha value is -1.64. The lowest BCUT2D eigenvalue weighted by atomic mass is 10.4. The molecule has 5 nitrogen and oxygen atoms in total. The van der Waals surface area contributed by atoms with Crippen molar-refractivity contribution >= 4 is 23.6 Å². The summed E-state index contributed by atoms with van der Waals surface area (Å²) in [4.78, 5) is 21.8. The molecule has 0 spiro atoms. The summed E-state index contributed by atoms with van der Waals surface area (Å²) in [5, 5.41) is 10.7. The molecule has 9 heteroatoms. The molecule has 0 aliphatic heterocycles. The van der Waals surface area contributed by atoms with Gasteiger partial charge in [-0.25, -0.2) is 4.79 Å². The number of halogens is 3. The van der Waals surface area contributed by atoms with E-state index in [0.717, 1.165) is 12.1 Å². The highest BCUT2D eigenvalue weighted by Crippen LogP contribution is 2.29. The van der Waals surface area contributed by atoms with Gasteiger partial charge in [0.15, 0.2) is 5.76 Å². The first-order valence-electron chi connectivity index (χ1n) is 4.61. The predicted octanol–water partition coefficient (Wildman–Crippen LogP) is 1.96. The van der Waals surface area contributed by atoms with E-state index >= 15 is 0 Å². The Balaban J connectivity index is 2.39. The first kappa shape index (κ1) is 14.4. The molecule has 0 aliphatic rings. The molecule has 1 aromatic heterocycles. The first-order chi connectivity index (χ1) is 8.29. The lowest BCUT2D eigenvalue weighted by molar-refractivity contribution is -0.0327. The molecule has 100 valence electrons. The second kappa shape index (κ2) is 5.80. The van der Waals surface area contributed by atoms with Crippen molar-refractivity contribution in [3.05, 3.63) is 23.7 Å². The van der Waals surface area contributed by atoms with Crippen molar-refractivity contribution in [2.75, 3.05) is 12.3 Å². The molecular formula is C9H8F3NO4S. The summed E-state index contributed by atoms with van der Waals surface area (Å²) in [5.41, 5.74) is -4.34. The summed E-state index contributed by atoms with van der Waals surface area (Å²) >= 11 is -0.259. The van der Waals surface area contributed by atoms with Crippen molar-refractivity contribution in [3.8, 4) is 0 Å². The Labute approximate surface area is 103 Å². The fraction of sp³-hybridized carbons (Fsp3) is 0.333. The molecule has 18 heavy (non-hydrogen) atoms. The van der Waals surface area contributed by atoms with E-state index in [0.29, 0.717) is 0 Å². The monoisotopic (exact) mass is 283 g/mol. The summed E-state index contributed by atoms with van der Waals surface area (Å²) in [6.07, 6.45) is 0. The zero-order valence-corrected chi connectivity index (χ0v) is 9.60. The van der Waals surface area contributed by atoms with E-state index in [9.17, 15) is 22.8 Å². The van der Waals surface area contributed by atoms with Crippen LogP contribution in [0.2, 0.25) is 0 Å². The minimum absolute atomic E-state index is 0.202. The van der Waals surface area contributed by atoms with E-state index in [1.807, 2.05) is 0 Å². The molecule has 0 aliphatic carbocycles. The molecular weight excluding hydrogens is 275 g/mol. The van der Waals surface area contributed by atoms with Gasteiger partial charge in [-0.15, -0.1) is 0 Å². The zero-order chi connectivity index (χ0) is 13.8. The van der Waals surface area contributed by atoms with Gasteiger partial charge in [0.1, 0.15) is 0 Å². The molecule has 0 radical (unpaired) electrons. The van der Waals surface area contributed by atoms with Crippen molar-refractivity contribution in [3.63, 3.8) is 0 Å². The van der Waals surface area contributed by atoms with Gasteiger partial charge >= 0.3 is 11.5 Å². The molecule has 1 amide bonds. The summed E-state index contributed by atoms with van der Waals surface area (Å²) in [6, 6.07) is 2.22. The number of alkyl halides is 3. The molecule has 2 N–H and O–H groups in total. The Kier molecular flexibility index (Phi) is 4.65. The Morgan fingerprint density at radius 2 is 1.94 bits per heavy atom. The SMILES string of the molecule is O=C(O)c1ccc(C(=O)NCCSC(F)(F)F)o1. The van der Waals surface area contributed by atoms with E-state index in [1.165, 1.54) is 0 Å². The number of carbonyl (C=O) groups is 2. The van der Waals surface area contributed by atoms with Crippen LogP contribution in [-0.2, 0) is 0 Å². The molecule has 0 unspecified atom stereocenters. The standard InChI is InChI=1S/C9H8F3NO4S/c10-9(11,12)18-4-3-13-7(14)5-1-2-6(17-5)8(15)16/h1-2H,3-4H2,(H,13,14)(H,15,16). The van der Waals surface area contributed by atoms with Crippen LogP contribution in [0.5, 0.6) is 0 Å². The van der Waals surface area contributed by atoms with Gasteiger partial charge in [0, 0.05) is 12.3 Å². The smallest absolute Gasteiger partial charge is 0.441 e. The fourth-order valence-electron chi connectivity index (χ4n) is 0.993. The average Bonchev–Trinajstić information content (AvgIpc) is 2.72. The van der Waals surface area contributed by atoms with E-state index in [2.05, 4.69) is 9.73 Å². The van der Waals surface area contributed by atoms with Crippen LogP contribution in [0.25, 0.3) is 0 Å². The van der Waals surface area contributed by atoms with Crippen molar-refractivity contribution in [1.29, 1.82) is 0 Å². The van der Waals surface area contributed by atoms with Crippen LogP contribution in [0, 0.1) is 0 Å². The summed E-state index contributed by atoms with van der Waals surface area (Å²) < 4.78 is 39.9. The maximum atomic E-state index is 11.8. The van der Waals surface area contributed by atoms with Crippen LogP contribution in [0.1, 0.15) is 21.1 Å². The molecule has 1 aromatic rings. The van der Waals surface area contributed by atoms with Gasteiger partial charge in [0.05, 0.1) is 0 Å². The number of carboxylic acids is 1. The Morgan fingerprint density at radius 1 is 1.33 bits per heavy atom. The highest BCUT2D eigenvalue weighted by Gasteiger charge is 2.27. The van der Waals surface area contributed by atoms with Crippen molar-refractivity contribution < 1.29 is 32.3 Å². The summed E-state index contributed by atoms with van der Waals surface area (Å²) in [6.45, 7) is -0.202. The minimum Gasteiger partial charge on any atom is -0.475 e. The largest absolute Gasteiger partial charge is 0.475 e. The van der Waals surface area contributed by atoms with Crippen LogP contribution < -0.4 is 5.32 Å². The number of thioether (sulfide) groups is 1. The van der Waals surface area contributed by atoms with Crippen LogP contribution in [0.4, 0.5) is 13.2 Å². The molecule has 0 fully saturated rings. The van der Waals surface area contributed by atoms with Crippen molar-refractivity contribution in [1.82, 2.24) is 5.32 Å². The number of furan rings is 1. The second-order valence-electron chi connectivity index (χ2n) is 3.02. The Morgan fingerprint density at radius 3 is 2.44 bits per heavy atom. The number of carbonyl (C=O) groups excluding carboxylic acids is 1. The molecule has 0 aromatic carbocycles.